The topological polar surface area (TPSA) is 26.5 Å². The average molecular weight is 495 g/mol. The molecule has 1 N–H and O–H groups in total. The molecule has 0 aromatic heterocycles. The minimum Gasteiger partial charge on any atom is -0.346 e. The lowest BCUT2D eigenvalue weighted by Gasteiger charge is -2.29. The molecule has 0 saturated heterocycles. The number of hydrogen-bond donors (Lipinski definition) is 1. The van der Waals surface area contributed by atoms with Crippen LogP contribution < -0.4 is 4.90 Å². The summed E-state index contributed by atoms with van der Waals surface area (Å²) < 4.78 is 3.45. The third-order valence-electron chi connectivity index (χ3n) is 5.64. The van der Waals surface area contributed by atoms with E-state index in [0.717, 1.165) is 35.1 Å². The Morgan fingerprint density at radius 3 is 2.41 bits per heavy atom. The van der Waals surface area contributed by atoms with Gasteiger partial charge < -0.3 is 5.11 Å². The van der Waals surface area contributed by atoms with Crippen molar-refractivity contribution in [2.45, 2.75) is 44.8 Å². The van der Waals surface area contributed by atoms with Crippen LogP contribution in [0.3, 0.4) is 0 Å². The Hall–Kier alpha value is -1.17. The first-order chi connectivity index (χ1) is 12.6. The van der Waals surface area contributed by atoms with Gasteiger partial charge in [-0.05, 0) is 55.5 Å². The Morgan fingerprint density at radius 1 is 1.04 bits per heavy atom. The lowest BCUT2D eigenvalue weighted by atomic mass is 9.98. The molecule has 0 spiro atoms. The van der Waals surface area contributed by atoms with Gasteiger partial charge in [0.1, 0.15) is 5.69 Å². The van der Waals surface area contributed by atoms with Crippen LogP contribution in [0.5, 0.6) is 0 Å². The van der Waals surface area contributed by atoms with Gasteiger partial charge in [0, 0.05) is 16.5 Å². The maximum absolute atomic E-state index is 11.9. The monoisotopic (exact) mass is 493 g/mol. The molecule has 0 fully saturated rings. The van der Waals surface area contributed by atoms with Gasteiger partial charge in [-0.2, -0.15) is 4.90 Å². The number of rotatable bonds is 3. The number of aryl methyl sites for hydroxylation is 1. The molecule has 2 aliphatic heterocycles. The largest absolute Gasteiger partial charge is 0.346 e. The van der Waals surface area contributed by atoms with Crippen molar-refractivity contribution in [2.75, 3.05) is 18.0 Å². The molecule has 0 amide bonds. The van der Waals surface area contributed by atoms with Crippen molar-refractivity contribution in [3.63, 3.8) is 0 Å². The molecule has 27 heavy (non-hydrogen) atoms. The molecule has 0 bridgehead atoms. The van der Waals surface area contributed by atoms with Crippen molar-refractivity contribution in [1.82, 2.24) is 0 Å². The summed E-state index contributed by atoms with van der Waals surface area (Å²) >= 11 is 3.53. The number of amidine groups is 1. The van der Waals surface area contributed by atoms with Crippen molar-refractivity contribution >= 4 is 44.4 Å². The Labute approximate surface area is 180 Å². The summed E-state index contributed by atoms with van der Waals surface area (Å²) in [6.07, 6.45) is 5.67. The third-order valence-corrected chi connectivity index (χ3v) is 6.17. The number of anilines is 1. The van der Waals surface area contributed by atoms with Crippen molar-refractivity contribution < 1.29 is 9.68 Å². The van der Waals surface area contributed by atoms with Gasteiger partial charge in [-0.1, -0.05) is 47.1 Å². The first-order valence-electron chi connectivity index (χ1n) is 9.60. The highest BCUT2D eigenvalue weighted by Gasteiger charge is 2.53. The molecule has 2 aliphatic rings. The fraction of sp³-hybridized carbons (Fsp3) is 0.409. The van der Waals surface area contributed by atoms with Crippen LogP contribution in [-0.2, 0) is 12.1 Å². The predicted octanol–water partition coefficient (Wildman–Crippen LogP) is 5.24. The van der Waals surface area contributed by atoms with E-state index in [9.17, 15) is 5.11 Å². The van der Waals surface area contributed by atoms with E-state index >= 15 is 0 Å². The smallest absolute Gasteiger partial charge is 0.275 e. The van der Waals surface area contributed by atoms with Crippen molar-refractivity contribution in [3.05, 3.63) is 64.1 Å². The quantitative estimate of drug-likeness (QED) is 0.590. The second-order valence-corrected chi connectivity index (χ2v) is 8.24. The van der Waals surface area contributed by atoms with Crippen LogP contribution in [-0.4, -0.2) is 28.6 Å². The zero-order valence-electron chi connectivity index (χ0n) is 15.7. The average Bonchev–Trinajstić information content (AvgIpc) is 2.80. The van der Waals surface area contributed by atoms with Crippen LogP contribution in [0.25, 0.3) is 0 Å². The molecular formula is C22H27Br2N2O+. The van der Waals surface area contributed by atoms with Gasteiger partial charge in [0.2, 0.25) is 0 Å². The molecule has 2 aromatic rings. The van der Waals surface area contributed by atoms with E-state index in [1.165, 1.54) is 30.7 Å². The molecule has 1 unspecified atom stereocenters. The summed E-state index contributed by atoms with van der Waals surface area (Å²) in [4.78, 5) is 2.17. The van der Waals surface area contributed by atoms with E-state index in [4.69, 9.17) is 0 Å². The fourth-order valence-electron chi connectivity index (χ4n) is 4.20. The summed E-state index contributed by atoms with van der Waals surface area (Å²) in [6, 6.07) is 16.8. The summed E-state index contributed by atoms with van der Waals surface area (Å²) in [5.41, 5.74) is 2.30. The van der Waals surface area contributed by atoms with E-state index in [0.29, 0.717) is 6.54 Å². The zero-order chi connectivity index (χ0) is 18.1. The summed E-state index contributed by atoms with van der Waals surface area (Å²) in [7, 11) is 0. The third kappa shape index (κ3) is 3.87. The van der Waals surface area contributed by atoms with Gasteiger partial charge in [-0.3, -0.25) is 4.58 Å². The maximum atomic E-state index is 11.9. The number of nitrogens with zero attached hydrogens (tertiary/aromatic N) is 2. The zero-order valence-corrected chi connectivity index (χ0v) is 19.0. The highest BCUT2D eigenvalue weighted by atomic mass is 79.9. The molecule has 0 aliphatic carbocycles. The van der Waals surface area contributed by atoms with Crippen molar-refractivity contribution in [3.8, 4) is 0 Å². The molecular weight excluding hydrogens is 468 g/mol. The number of hydrogen-bond acceptors (Lipinski definition) is 2. The Balaban J connectivity index is 0.00000210. The maximum Gasteiger partial charge on any atom is 0.275 e. The Morgan fingerprint density at radius 2 is 1.74 bits per heavy atom. The van der Waals surface area contributed by atoms with Crippen LogP contribution in [0.4, 0.5) is 5.69 Å². The van der Waals surface area contributed by atoms with E-state index in [2.05, 4.69) is 80.9 Å². The van der Waals surface area contributed by atoms with E-state index in [-0.39, 0.29) is 17.0 Å². The predicted molar refractivity (Wildman–Crippen MR) is 120 cm³/mol. The molecule has 0 radical (unpaired) electrons. The first kappa shape index (κ1) is 20.6. The van der Waals surface area contributed by atoms with Crippen LogP contribution in [0.2, 0.25) is 0 Å². The van der Waals surface area contributed by atoms with Crippen LogP contribution in [0.15, 0.2) is 53.0 Å². The van der Waals surface area contributed by atoms with E-state index < -0.39 is 5.72 Å². The fourth-order valence-corrected chi connectivity index (χ4v) is 4.47. The summed E-state index contributed by atoms with van der Waals surface area (Å²) in [5, 5.41) is 11.9. The second-order valence-electron chi connectivity index (χ2n) is 7.33. The van der Waals surface area contributed by atoms with Gasteiger partial charge in [0.25, 0.3) is 11.6 Å². The summed E-state index contributed by atoms with van der Waals surface area (Å²) in [6.45, 7) is 3.81. The molecule has 3 nitrogen and oxygen atoms in total. The van der Waals surface area contributed by atoms with Gasteiger partial charge in [-0.25, -0.2) is 0 Å². The molecule has 2 aromatic carbocycles. The van der Waals surface area contributed by atoms with Crippen LogP contribution in [0.1, 0.15) is 43.7 Å². The Bertz CT molecular complexity index is 817. The molecule has 144 valence electrons. The van der Waals surface area contributed by atoms with Gasteiger partial charge >= 0.3 is 0 Å². The van der Waals surface area contributed by atoms with E-state index in [1.807, 2.05) is 0 Å². The first-order valence-corrected chi connectivity index (χ1v) is 10.4. The molecule has 4 rings (SSSR count). The number of aliphatic hydroxyl groups is 1. The highest BCUT2D eigenvalue weighted by molar-refractivity contribution is 9.10. The minimum absolute atomic E-state index is 0. The van der Waals surface area contributed by atoms with Crippen molar-refractivity contribution in [2.24, 2.45) is 0 Å². The highest BCUT2D eigenvalue weighted by Crippen LogP contribution is 2.38. The Kier molecular flexibility index (Phi) is 6.44. The molecule has 5 heteroatoms. The molecule has 2 heterocycles. The summed E-state index contributed by atoms with van der Waals surface area (Å²) in [5.74, 6) is 1.26. The van der Waals surface area contributed by atoms with Gasteiger partial charge in [0.15, 0.2) is 6.54 Å². The lowest BCUT2D eigenvalue weighted by molar-refractivity contribution is -0.534. The normalized spacial score (nSPS) is 22.3. The van der Waals surface area contributed by atoms with Gasteiger partial charge in [0.05, 0.1) is 6.54 Å². The molecule has 1 atom stereocenters. The standard InChI is InChI=1S/C22H26BrN2O.BrH/c1-2-17-7-9-18(10-8-17)22(26)16-24-15-5-3-4-6-21(24)25(22)20-13-11-19(23)12-14-20;/h7-14,26H,2-6,15-16H2,1H3;1H/q+1;. The number of benzene rings is 2. The minimum atomic E-state index is -1.02. The lowest BCUT2D eigenvalue weighted by Crippen LogP contribution is -2.47. The SMILES string of the molecule is Br.CCc1ccc(C2(O)C[N+]3=C(CCCCC3)N2c2ccc(Br)cc2)cc1. The second kappa shape index (κ2) is 8.46. The van der Waals surface area contributed by atoms with E-state index in [1.54, 1.807) is 0 Å². The van der Waals surface area contributed by atoms with Crippen LogP contribution in [0, 0.1) is 0 Å². The number of halogens is 2. The van der Waals surface area contributed by atoms with Crippen molar-refractivity contribution in [1.29, 1.82) is 0 Å². The van der Waals surface area contributed by atoms with Gasteiger partial charge in [-0.15, -0.1) is 17.0 Å². The van der Waals surface area contributed by atoms with Crippen LogP contribution >= 0.6 is 32.9 Å². The molecule has 0 saturated carbocycles.